The molecule has 2 N–H and O–H groups in total. The maximum absolute atomic E-state index is 11.2. The number of nitrogens with one attached hydrogen (secondary N) is 2. The molecule has 2 aromatic carbocycles. The molecule has 3 rings (SSSR count). The molecule has 1 unspecified atom stereocenters. The lowest BCUT2D eigenvalue weighted by Gasteiger charge is -2.16. The third-order valence-corrected chi connectivity index (χ3v) is 3.77. The SMILES string of the molecule is COc1ccc(C(C)Nc2ccc3oc(=O)[nH]c3c2)cc1Cl. The van der Waals surface area contributed by atoms with Crippen molar-refractivity contribution in [2.75, 3.05) is 12.4 Å². The summed E-state index contributed by atoms with van der Waals surface area (Å²) in [5, 5.41) is 3.93. The van der Waals surface area contributed by atoms with E-state index in [0.717, 1.165) is 11.3 Å². The fourth-order valence-corrected chi connectivity index (χ4v) is 2.59. The number of hydrogen-bond donors (Lipinski definition) is 2. The number of benzene rings is 2. The van der Waals surface area contributed by atoms with Gasteiger partial charge in [0.05, 0.1) is 17.6 Å². The zero-order valence-electron chi connectivity index (χ0n) is 12.1. The molecular weight excluding hydrogens is 304 g/mol. The quantitative estimate of drug-likeness (QED) is 0.764. The van der Waals surface area contributed by atoms with Crippen LogP contribution in [0.25, 0.3) is 11.1 Å². The van der Waals surface area contributed by atoms with Gasteiger partial charge in [0.1, 0.15) is 5.75 Å². The maximum atomic E-state index is 11.2. The third kappa shape index (κ3) is 2.80. The summed E-state index contributed by atoms with van der Waals surface area (Å²) in [5.74, 6) is 0.192. The number of aromatic amines is 1. The molecule has 22 heavy (non-hydrogen) atoms. The molecule has 5 nitrogen and oxygen atoms in total. The first kappa shape index (κ1) is 14.5. The summed E-state index contributed by atoms with van der Waals surface area (Å²) in [7, 11) is 1.59. The molecule has 0 spiro atoms. The summed E-state index contributed by atoms with van der Waals surface area (Å²) in [5.41, 5.74) is 3.11. The Morgan fingerprint density at radius 1 is 1.27 bits per heavy atom. The predicted molar refractivity (Wildman–Crippen MR) is 86.9 cm³/mol. The summed E-state index contributed by atoms with van der Waals surface area (Å²) in [6, 6.07) is 11.2. The Balaban J connectivity index is 1.84. The summed E-state index contributed by atoms with van der Waals surface area (Å²) >= 11 is 6.15. The number of anilines is 1. The Hall–Kier alpha value is -2.40. The van der Waals surface area contributed by atoms with E-state index in [9.17, 15) is 4.79 Å². The number of aromatic nitrogens is 1. The number of fused-ring (bicyclic) bond motifs is 1. The van der Waals surface area contributed by atoms with E-state index in [1.807, 2.05) is 37.3 Å². The number of oxazole rings is 1. The van der Waals surface area contributed by atoms with Crippen molar-refractivity contribution in [3.05, 3.63) is 57.5 Å². The Kier molecular flexibility index (Phi) is 3.81. The van der Waals surface area contributed by atoms with Gasteiger partial charge in [-0.15, -0.1) is 0 Å². The van der Waals surface area contributed by atoms with Crippen LogP contribution in [-0.2, 0) is 0 Å². The number of ether oxygens (including phenoxy) is 1. The minimum absolute atomic E-state index is 0.0412. The van der Waals surface area contributed by atoms with Crippen LogP contribution in [0.1, 0.15) is 18.5 Å². The molecule has 0 fully saturated rings. The smallest absolute Gasteiger partial charge is 0.417 e. The van der Waals surface area contributed by atoms with Gasteiger partial charge >= 0.3 is 5.76 Å². The molecule has 0 bridgehead atoms. The molecule has 1 atom stereocenters. The Morgan fingerprint density at radius 3 is 2.82 bits per heavy atom. The van der Waals surface area contributed by atoms with Crippen molar-refractivity contribution in [1.29, 1.82) is 0 Å². The van der Waals surface area contributed by atoms with Crippen molar-refractivity contribution >= 4 is 28.4 Å². The molecule has 0 radical (unpaired) electrons. The van der Waals surface area contributed by atoms with Crippen LogP contribution in [0.2, 0.25) is 5.02 Å². The second-order valence-corrected chi connectivity index (χ2v) is 5.39. The molecule has 3 aromatic rings. The van der Waals surface area contributed by atoms with E-state index in [-0.39, 0.29) is 6.04 Å². The van der Waals surface area contributed by atoms with Crippen molar-refractivity contribution in [2.24, 2.45) is 0 Å². The van der Waals surface area contributed by atoms with Gasteiger partial charge in [-0.3, -0.25) is 4.98 Å². The molecule has 6 heteroatoms. The van der Waals surface area contributed by atoms with Crippen LogP contribution in [-0.4, -0.2) is 12.1 Å². The van der Waals surface area contributed by atoms with E-state index in [2.05, 4.69) is 10.3 Å². The summed E-state index contributed by atoms with van der Waals surface area (Å²) in [6.45, 7) is 2.03. The minimum Gasteiger partial charge on any atom is -0.495 e. The number of rotatable bonds is 4. The lowest BCUT2D eigenvalue weighted by molar-refractivity contribution is 0.415. The molecule has 0 aliphatic rings. The van der Waals surface area contributed by atoms with Gasteiger partial charge in [-0.1, -0.05) is 17.7 Å². The molecule has 0 aliphatic carbocycles. The standard InChI is InChI=1S/C16H15ClN2O3/c1-9(10-3-5-14(21-2)12(17)7-10)18-11-4-6-15-13(8-11)19-16(20)22-15/h3-9,18H,1-2H3,(H,19,20). The van der Waals surface area contributed by atoms with Crippen LogP contribution < -0.4 is 15.8 Å². The van der Waals surface area contributed by atoms with E-state index in [4.69, 9.17) is 20.8 Å². The van der Waals surface area contributed by atoms with Crippen molar-refractivity contribution < 1.29 is 9.15 Å². The molecule has 0 aliphatic heterocycles. The number of H-pyrrole nitrogens is 1. The van der Waals surface area contributed by atoms with Crippen molar-refractivity contribution in [1.82, 2.24) is 4.98 Å². The Labute approximate surface area is 131 Å². The fourth-order valence-electron chi connectivity index (χ4n) is 2.33. The van der Waals surface area contributed by atoms with Gasteiger partial charge in [0.2, 0.25) is 0 Å². The Morgan fingerprint density at radius 2 is 2.09 bits per heavy atom. The Bertz CT molecular complexity index is 869. The number of methoxy groups -OCH3 is 1. The van der Waals surface area contributed by atoms with Gasteiger partial charge in [0.25, 0.3) is 0 Å². The number of halogens is 1. The van der Waals surface area contributed by atoms with E-state index in [1.54, 1.807) is 13.2 Å². The maximum Gasteiger partial charge on any atom is 0.417 e. The lowest BCUT2D eigenvalue weighted by Crippen LogP contribution is -2.06. The average molecular weight is 319 g/mol. The summed E-state index contributed by atoms with van der Waals surface area (Å²) in [4.78, 5) is 13.8. The van der Waals surface area contributed by atoms with Crippen LogP contribution in [0.3, 0.4) is 0 Å². The first-order valence-electron chi connectivity index (χ1n) is 6.79. The highest BCUT2D eigenvalue weighted by Gasteiger charge is 2.10. The van der Waals surface area contributed by atoms with Crippen LogP contribution in [0.15, 0.2) is 45.6 Å². The average Bonchev–Trinajstić information content (AvgIpc) is 2.86. The lowest BCUT2D eigenvalue weighted by atomic mass is 10.1. The van der Waals surface area contributed by atoms with Crippen molar-refractivity contribution in [3.63, 3.8) is 0 Å². The second-order valence-electron chi connectivity index (χ2n) is 4.99. The predicted octanol–water partition coefficient (Wildman–Crippen LogP) is 3.96. The largest absolute Gasteiger partial charge is 0.495 e. The highest BCUT2D eigenvalue weighted by molar-refractivity contribution is 6.32. The highest BCUT2D eigenvalue weighted by Crippen LogP contribution is 2.29. The van der Waals surface area contributed by atoms with Crippen molar-refractivity contribution in [2.45, 2.75) is 13.0 Å². The molecule has 0 saturated carbocycles. The zero-order chi connectivity index (χ0) is 15.7. The normalized spacial score (nSPS) is 12.3. The van der Waals surface area contributed by atoms with E-state index >= 15 is 0 Å². The molecule has 1 aromatic heterocycles. The van der Waals surface area contributed by atoms with Gasteiger partial charge in [-0.05, 0) is 42.8 Å². The molecule has 0 saturated heterocycles. The number of hydrogen-bond acceptors (Lipinski definition) is 4. The minimum atomic E-state index is -0.456. The first-order chi connectivity index (χ1) is 10.6. The van der Waals surface area contributed by atoms with Crippen LogP contribution >= 0.6 is 11.6 Å². The van der Waals surface area contributed by atoms with Crippen LogP contribution in [0.4, 0.5) is 5.69 Å². The van der Waals surface area contributed by atoms with Crippen LogP contribution in [0.5, 0.6) is 5.75 Å². The monoisotopic (exact) mass is 318 g/mol. The van der Waals surface area contributed by atoms with E-state index in [0.29, 0.717) is 21.9 Å². The zero-order valence-corrected chi connectivity index (χ0v) is 12.9. The van der Waals surface area contributed by atoms with Gasteiger partial charge in [-0.25, -0.2) is 4.79 Å². The second kappa shape index (κ2) is 5.77. The van der Waals surface area contributed by atoms with Gasteiger partial charge in [-0.2, -0.15) is 0 Å². The third-order valence-electron chi connectivity index (χ3n) is 3.48. The molecule has 1 heterocycles. The van der Waals surface area contributed by atoms with Crippen LogP contribution in [0, 0.1) is 0 Å². The van der Waals surface area contributed by atoms with E-state index < -0.39 is 5.76 Å². The van der Waals surface area contributed by atoms with Crippen molar-refractivity contribution in [3.8, 4) is 5.75 Å². The highest BCUT2D eigenvalue weighted by atomic mass is 35.5. The van der Waals surface area contributed by atoms with E-state index in [1.165, 1.54) is 0 Å². The first-order valence-corrected chi connectivity index (χ1v) is 7.17. The fraction of sp³-hybridized carbons (Fsp3) is 0.188. The molecule has 0 amide bonds. The van der Waals surface area contributed by atoms with Gasteiger partial charge in [0, 0.05) is 11.7 Å². The summed E-state index contributed by atoms with van der Waals surface area (Å²) < 4.78 is 10.1. The van der Waals surface area contributed by atoms with Gasteiger partial charge in [0.15, 0.2) is 5.58 Å². The summed E-state index contributed by atoms with van der Waals surface area (Å²) in [6.07, 6.45) is 0. The topological polar surface area (TPSA) is 67.3 Å². The molecular formula is C16H15ClN2O3. The van der Waals surface area contributed by atoms with Gasteiger partial charge < -0.3 is 14.5 Å². The molecule has 114 valence electrons.